The molecular weight excluding hydrogens is 492 g/mol. The molecule has 0 saturated heterocycles. The third-order valence-electron chi connectivity index (χ3n) is 4.16. The van der Waals surface area contributed by atoms with Gasteiger partial charge in [0.05, 0.1) is 11.9 Å². The van der Waals surface area contributed by atoms with Crippen LogP contribution in [0.4, 0.5) is 5.82 Å². The molecule has 0 aliphatic heterocycles. The number of benzene rings is 3. The maximum atomic E-state index is 4.76. The van der Waals surface area contributed by atoms with Crippen molar-refractivity contribution in [1.82, 2.24) is 9.97 Å². The number of rotatable bonds is 5. The molecule has 1 heterocycles. The zero-order chi connectivity index (χ0) is 20.1. The average molecular weight is 508 g/mol. The number of nitrogens with one attached hydrogen (secondary N) is 1. The van der Waals surface area contributed by atoms with E-state index in [1.807, 2.05) is 84.9 Å². The van der Waals surface area contributed by atoms with E-state index in [0.29, 0.717) is 11.6 Å². The molecule has 0 fully saturated rings. The van der Waals surface area contributed by atoms with Crippen molar-refractivity contribution in [3.8, 4) is 22.6 Å². The molecule has 0 bridgehead atoms. The summed E-state index contributed by atoms with van der Waals surface area (Å²) in [6.07, 6.45) is 1.76. The molecule has 4 nitrogen and oxygen atoms in total. The van der Waals surface area contributed by atoms with Crippen LogP contribution in [-0.2, 0) is 0 Å². The molecule has 142 valence electrons. The molecule has 0 amide bonds. The second-order valence-corrected chi connectivity index (χ2v) is 8.09. The second kappa shape index (κ2) is 9.11. The molecule has 0 saturated carbocycles. The summed E-state index contributed by atoms with van der Waals surface area (Å²) in [5.41, 5.74) is 6.82. The molecule has 0 radical (unpaired) electrons. The fourth-order valence-corrected chi connectivity index (χ4v) is 3.24. The van der Waals surface area contributed by atoms with E-state index in [9.17, 15) is 0 Å². The van der Waals surface area contributed by atoms with E-state index >= 15 is 0 Å². The summed E-state index contributed by atoms with van der Waals surface area (Å²) >= 11 is 6.90. The van der Waals surface area contributed by atoms with Crippen LogP contribution in [0.25, 0.3) is 22.6 Å². The third-order valence-corrected chi connectivity index (χ3v) is 5.22. The Balaban J connectivity index is 1.67. The first kappa shape index (κ1) is 19.5. The SMILES string of the molecule is Brc1ccc(C=NNc2cc(-c3ccccc3)nc(-c3ccc(Br)cc3)n2)cc1. The topological polar surface area (TPSA) is 50.2 Å². The Labute approximate surface area is 186 Å². The number of hydrogen-bond acceptors (Lipinski definition) is 4. The van der Waals surface area contributed by atoms with E-state index in [-0.39, 0.29) is 0 Å². The van der Waals surface area contributed by atoms with Gasteiger partial charge in [0.2, 0.25) is 0 Å². The van der Waals surface area contributed by atoms with Gasteiger partial charge in [0.15, 0.2) is 11.6 Å². The van der Waals surface area contributed by atoms with E-state index in [1.54, 1.807) is 6.21 Å². The Bertz CT molecular complexity index is 1130. The summed E-state index contributed by atoms with van der Waals surface area (Å²) in [4.78, 5) is 9.40. The Morgan fingerprint density at radius 3 is 2.07 bits per heavy atom. The normalized spacial score (nSPS) is 11.0. The zero-order valence-corrected chi connectivity index (χ0v) is 18.4. The number of nitrogens with zero attached hydrogens (tertiary/aromatic N) is 3. The van der Waals surface area contributed by atoms with Gasteiger partial charge in [0.25, 0.3) is 0 Å². The molecule has 0 atom stereocenters. The summed E-state index contributed by atoms with van der Waals surface area (Å²) in [6, 6.07) is 27.8. The second-order valence-electron chi connectivity index (χ2n) is 6.26. The van der Waals surface area contributed by atoms with Crippen molar-refractivity contribution < 1.29 is 0 Å². The first-order valence-electron chi connectivity index (χ1n) is 8.92. The van der Waals surface area contributed by atoms with Crippen molar-refractivity contribution >= 4 is 43.9 Å². The van der Waals surface area contributed by atoms with Gasteiger partial charge in [-0.05, 0) is 29.8 Å². The van der Waals surface area contributed by atoms with Gasteiger partial charge in [-0.2, -0.15) is 5.10 Å². The van der Waals surface area contributed by atoms with Crippen molar-refractivity contribution in [3.05, 3.63) is 99.4 Å². The molecule has 0 aliphatic carbocycles. The lowest BCUT2D eigenvalue weighted by molar-refractivity contribution is 1.15. The van der Waals surface area contributed by atoms with Crippen molar-refractivity contribution in [3.63, 3.8) is 0 Å². The van der Waals surface area contributed by atoms with Gasteiger partial charge in [0, 0.05) is 26.1 Å². The zero-order valence-electron chi connectivity index (χ0n) is 15.3. The van der Waals surface area contributed by atoms with Crippen LogP contribution in [0.15, 0.2) is 99.0 Å². The molecule has 6 heteroatoms. The molecule has 1 N–H and O–H groups in total. The first-order chi connectivity index (χ1) is 14.2. The van der Waals surface area contributed by atoms with E-state index in [2.05, 4.69) is 47.4 Å². The molecule has 29 heavy (non-hydrogen) atoms. The molecule has 0 spiro atoms. The smallest absolute Gasteiger partial charge is 0.162 e. The third kappa shape index (κ3) is 5.16. The van der Waals surface area contributed by atoms with Gasteiger partial charge in [-0.3, -0.25) is 5.43 Å². The van der Waals surface area contributed by atoms with E-state index < -0.39 is 0 Å². The van der Waals surface area contributed by atoms with Crippen molar-refractivity contribution in [2.75, 3.05) is 5.43 Å². The number of hydrazone groups is 1. The van der Waals surface area contributed by atoms with Crippen molar-refractivity contribution in [2.24, 2.45) is 5.10 Å². The minimum absolute atomic E-state index is 0.630. The number of anilines is 1. The van der Waals surface area contributed by atoms with Crippen LogP contribution < -0.4 is 5.43 Å². The monoisotopic (exact) mass is 506 g/mol. The fourth-order valence-electron chi connectivity index (χ4n) is 2.71. The van der Waals surface area contributed by atoms with Crippen LogP contribution >= 0.6 is 31.9 Å². The van der Waals surface area contributed by atoms with Gasteiger partial charge in [-0.25, -0.2) is 9.97 Å². The van der Waals surface area contributed by atoms with Crippen LogP contribution in [0.1, 0.15) is 5.56 Å². The largest absolute Gasteiger partial charge is 0.261 e. The van der Waals surface area contributed by atoms with Gasteiger partial charge >= 0.3 is 0 Å². The highest BCUT2D eigenvalue weighted by atomic mass is 79.9. The summed E-state index contributed by atoms with van der Waals surface area (Å²) in [5.74, 6) is 1.27. The maximum absolute atomic E-state index is 4.76. The van der Waals surface area contributed by atoms with Gasteiger partial charge in [-0.15, -0.1) is 0 Å². The number of aromatic nitrogens is 2. The summed E-state index contributed by atoms with van der Waals surface area (Å²) < 4.78 is 2.04. The van der Waals surface area contributed by atoms with Crippen molar-refractivity contribution in [2.45, 2.75) is 0 Å². The Hall–Kier alpha value is -2.83. The maximum Gasteiger partial charge on any atom is 0.162 e. The first-order valence-corrected chi connectivity index (χ1v) is 10.5. The van der Waals surface area contributed by atoms with Crippen LogP contribution in [-0.4, -0.2) is 16.2 Å². The summed E-state index contributed by atoms with van der Waals surface area (Å²) in [5, 5.41) is 4.34. The Morgan fingerprint density at radius 1 is 0.724 bits per heavy atom. The summed E-state index contributed by atoms with van der Waals surface area (Å²) in [7, 11) is 0. The van der Waals surface area contributed by atoms with E-state index in [0.717, 1.165) is 31.3 Å². The predicted molar refractivity (Wildman–Crippen MR) is 126 cm³/mol. The lowest BCUT2D eigenvalue weighted by Gasteiger charge is -2.08. The van der Waals surface area contributed by atoms with Gasteiger partial charge in [-0.1, -0.05) is 86.5 Å². The van der Waals surface area contributed by atoms with Crippen LogP contribution in [0.3, 0.4) is 0 Å². The van der Waals surface area contributed by atoms with Crippen LogP contribution in [0, 0.1) is 0 Å². The average Bonchev–Trinajstić information content (AvgIpc) is 2.76. The van der Waals surface area contributed by atoms with Crippen LogP contribution in [0.5, 0.6) is 0 Å². The lowest BCUT2D eigenvalue weighted by Crippen LogP contribution is -1.99. The number of hydrogen-bond donors (Lipinski definition) is 1. The number of halogens is 2. The highest BCUT2D eigenvalue weighted by molar-refractivity contribution is 9.10. The minimum Gasteiger partial charge on any atom is -0.261 e. The Morgan fingerprint density at radius 2 is 1.38 bits per heavy atom. The van der Waals surface area contributed by atoms with Gasteiger partial charge in [0.1, 0.15) is 0 Å². The molecule has 1 aromatic heterocycles. The quantitative estimate of drug-likeness (QED) is 0.239. The molecular formula is C23H16Br2N4. The lowest BCUT2D eigenvalue weighted by atomic mass is 10.1. The van der Waals surface area contributed by atoms with E-state index in [1.165, 1.54) is 0 Å². The molecule has 4 aromatic rings. The van der Waals surface area contributed by atoms with Crippen LogP contribution in [0.2, 0.25) is 0 Å². The molecule has 0 unspecified atom stereocenters. The van der Waals surface area contributed by atoms with Gasteiger partial charge < -0.3 is 0 Å². The highest BCUT2D eigenvalue weighted by Gasteiger charge is 2.08. The summed E-state index contributed by atoms with van der Waals surface area (Å²) in [6.45, 7) is 0. The predicted octanol–water partition coefficient (Wildman–Crippen LogP) is 6.78. The standard InChI is InChI=1S/C23H16Br2N4/c24-19-10-6-16(7-11-19)15-26-29-22-14-21(17-4-2-1-3-5-17)27-23(28-22)18-8-12-20(25)13-9-18/h1-15H,(H,27,28,29). The highest BCUT2D eigenvalue weighted by Crippen LogP contribution is 2.25. The Kier molecular flexibility index (Phi) is 6.12. The fraction of sp³-hybridized carbons (Fsp3) is 0. The minimum atomic E-state index is 0.630. The van der Waals surface area contributed by atoms with E-state index in [4.69, 9.17) is 4.98 Å². The molecule has 0 aliphatic rings. The van der Waals surface area contributed by atoms with Crippen molar-refractivity contribution in [1.29, 1.82) is 0 Å². The molecule has 4 rings (SSSR count). The molecule has 3 aromatic carbocycles.